The average Bonchev–Trinajstić information content (AvgIpc) is 2.72. The molecule has 1 aromatic carbocycles. The number of hydrogen-bond donors (Lipinski definition) is 1. The highest BCUT2D eigenvalue weighted by Gasteiger charge is 2.24. The lowest BCUT2D eigenvalue weighted by atomic mass is 9.99. The van der Waals surface area contributed by atoms with E-state index in [2.05, 4.69) is 9.71 Å². The van der Waals surface area contributed by atoms with Gasteiger partial charge in [-0.2, -0.15) is 8.42 Å². The number of benzene rings is 1. The molecule has 0 radical (unpaired) electrons. The maximum absolute atomic E-state index is 12.5. The monoisotopic (exact) mass is 327 g/mol. The van der Waals surface area contributed by atoms with Crippen LogP contribution in [0.3, 0.4) is 0 Å². The molecule has 1 aromatic heterocycles. The Morgan fingerprint density at radius 3 is 2.52 bits per heavy atom. The van der Waals surface area contributed by atoms with Gasteiger partial charge in [0.2, 0.25) is 5.03 Å². The van der Waals surface area contributed by atoms with Crippen LogP contribution in [0.4, 0.5) is 5.69 Å². The molecule has 7 heteroatoms. The third-order valence-corrected chi connectivity index (χ3v) is 5.09. The zero-order chi connectivity index (χ0) is 15.8. The molecule has 2 rings (SSSR count). The van der Waals surface area contributed by atoms with Gasteiger partial charge in [0.25, 0.3) is 10.0 Å². The quantitative estimate of drug-likeness (QED) is 0.937. The largest absolute Gasteiger partial charge is 0.324 e. The van der Waals surface area contributed by atoms with Crippen LogP contribution in [0.1, 0.15) is 30.9 Å². The number of nitrogens with one attached hydrogen (secondary N) is 1. The number of imidazole rings is 1. The second-order valence-electron chi connectivity index (χ2n) is 5.25. The smallest absolute Gasteiger partial charge is 0.282 e. The fourth-order valence-corrected chi connectivity index (χ4v) is 3.66. The summed E-state index contributed by atoms with van der Waals surface area (Å²) in [6.07, 6.45) is 1.37. The van der Waals surface area contributed by atoms with Crippen LogP contribution in [-0.4, -0.2) is 18.0 Å². The number of aryl methyl sites for hydroxylation is 2. The minimum Gasteiger partial charge on any atom is -0.324 e. The van der Waals surface area contributed by atoms with Crippen LogP contribution in [-0.2, 0) is 17.1 Å². The molecule has 0 unspecified atom stereocenters. The first-order valence-electron chi connectivity index (χ1n) is 6.53. The molecule has 2 aromatic rings. The summed E-state index contributed by atoms with van der Waals surface area (Å²) in [6.45, 7) is 5.89. The van der Waals surface area contributed by atoms with Gasteiger partial charge >= 0.3 is 0 Å². The molecular formula is C14H18ClN3O2S. The lowest BCUT2D eigenvalue weighted by molar-refractivity contribution is 0.598. The lowest BCUT2D eigenvalue weighted by Gasteiger charge is -2.16. The molecule has 5 nitrogen and oxygen atoms in total. The summed E-state index contributed by atoms with van der Waals surface area (Å²) in [4.78, 5) is 3.87. The molecule has 0 bridgehead atoms. The average molecular weight is 328 g/mol. The molecule has 1 N–H and O–H groups in total. The molecule has 0 aliphatic carbocycles. The number of hydrogen-bond acceptors (Lipinski definition) is 3. The molecule has 0 aliphatic heterocycles. The molecule has 21 heavy (non-hydrogen) atoms. The Morgan fingerprint density at radius 1 is 1.33 bits per heavy atom. The van der Waals surface area contributed by atoms with Crippen LogP contribution in [0.15, 0.2) is 29.6 Å². The van der Waals surface area contributed by atoms with E-state index >= 15 is 0 Å². The molecule has 1 heterocycles. The Bertz CT molecular complexity index is 767. The van der Waals surface area contributed by atoms with Crippen LogP contribution in [0, 0.1) is 6.92 Å². The van der Waals surface area contributed by atoms with E-state index in [-0.39, 0.29) is 16.1 Å². The standard InChI is InChI=1S/C14H18ClN3O2S/c1-9(2)11-7-5-6-10(3)12(11)17-21(19,20)14-13(15)18(4)8-16-14/h5-9,17H,1-4H3. The predicted molar refractivity (Wildman–Crippen MR) is 84.3 cm³/mol. The molecule has 0 spiro atoms. The lowest BCUT2D eigenvalue weighted by Crippen LogP contribution is -2.16. The van der Waals surface area contributed by atoms with Gasteiger partial charge in [-0.25, -0.2) is 4.98 Å². The zero-order valence-electron chi connectivity index (χ0n) is 12.4. The van der Waals surface area contributed by atoms with Gasteiger partial charge in [-0.3, -0.25) is 4.72 Å². The number of anilines is 1. The number of nitrogens with zero attached hydrogens (tertiary/aromatic N) is 2. The van der Waals surface area contributed by atoms with Crippen molar-refractivity contribution in [2.24, 2.45) is 7.05 Å². The van der Waals surface area contributed by atoms with Crippen molar-refractivity contribution < 1.29 is 8.42 Å². The second-order valence-corrected chi connectivity index (χ2v) is 7.21. The maximum atomic E-state index is 12.5. The number of rotatable bonds is 4. The van der Waals surface area contributed by atoms with Crippen molar-refractivity contribution in [1.82, 2.24) is 9.55 Å². The molecule has 0 saturated heterocycles. The van der Waals surface area contributed by atoms with Crippen molar-refractivity contribution in [2.45, 2.75) is 31.7 Å². The summed E-state index contributed by atoms with van der Waals surface area (Å²) < 4.78 is 29.1. The van der Waals surface area contributed by atoms with Crippen molar-refractivity contribution in [3.05, 3.63) is 40.8 Å². The van der Waals surface area contributed by atoms with Crippen LogP contribution >= 0.6 is 11.6 Å². The van der Waals surface area contributed by atoms with E-state index in [1.807, 2.05) is 39.0 Å². The second kappa shape index (κ2) is 5.69. The van der Waals surface area contributed by atoms with Gasteiger partial charge in [0, 0.05) is 7.05 Å². The molecule has 0 saturated carbocycles. The Balaban J connectivity index is 2.49. The summed E-state index contributed by atoms with van der Waals surface area (Å²) in [5, 5.41) is -0.0770. The first kappa shape index (κ1) is 15.9. The highest BCUT2D eigenvalue weighted by atomic mass is 35.5. The minimum absolute atomic E-state index is 0.0854. The van der Waals surface area contributed by atoms with Gasteiger partial charge in [-0.15, -0.1) is 0 Å². The van der Waals surface area contributed by atoms with Crippen molar-refractivity contribution in [2.75, 3.05) is 4.72 Å². The van der Waals surface area contributed by atoms with Crippen molar-refractivity contribution in [3.63, 3.8) is 0 Å². The van der Waals surface area contributed by atoms with Crippen LogP contribution in [0.5, 0.6) is 0 Å². The van der Waals surface area contributed by atoms with Gasteiger partial charge < -0.3 is 4.57 Å². The van der Waals surface area contributed by atoms with Gasteiger partial charge in [-0.1, -0.05) is 43.6 Å². The van der Waals surface area contributed by atoms with Gasteiger partial charge in [0.1, 0.15) is 5.15 Å². The van der Waals surface area contributed by atoms with E-state index in [4.69, 9.17) is 11.6 Å². The van der Waals surface area contributed by atoms with E-state index in [0.29, 0.717) is 5.69 Å². The van der Waals surface area contributed by atoms with Gasteiger partial charge in [0.15, 0.2) is 0 Å². The van der Waals surface area contributed by atoms with E-state index in [9.17, 15) is 8.42 Å². The Kier molecular flexibility index (Phi) is 4.30. The number of halogens is 1. The van der Waals surface area contributed by atoms with Crippen molar-refractivity contribution in [1.29, 1.82) is 0 Å². The van der Waals surface area contributed by atoms with E-state index in [0.717, 1.165) is 11.1 Å². The minimum atomic E-state index is -3.82. The van der Waals surface area contributed by atoms with Crippen LogP contribution in [0.25, 0.3) is 0 Å². The molecule has 0 atom stereocenters. The Labute approximate surface area is 130 Å². The summed E-state index contributed by atoms with van der Waals surface area (Å²) >= 11 is 5.98. The van der Waals surface area contributed by atoms with E-state index in [1.165, 1.54) is 10.9 Å². The summed E-state index contributed by atoms with van der Waals surface area (Å²) in [7, 11) is -2.18. The third-order valence-electron chi connectivity index (χ3n) is 3.25. The Morgan fingerprint density at radius 2 is 2.00 bits per heavy atom. The highest BCUT2D eigenvalue weighted by molar-refractivity contribution is 7.92. The first-order chi connectivity index (χ1) is 9.74. The maximum Gasteiger partial charge on any atom is 0.282 e. The summed E-state index contributed by atoms with van der Waals surface area (Å²) in [6, 6.07) is 5.69. The molecule has 0 amide bonds. The van der Waals surface area contributed by atoms with Crippen LogP contribution < -0.4 is 4.72 Å². The molecule has 0 fully saturated rings. The number of para-hydroxylation sites is 1. The third kappa shape index (κ3) is 3.06. The van der Waals surface area contributed by atoms with Gasteiger partial charge in [-0.05, 0) is 24.0 Å². The topological polar surface area (TPSA) is 64.0 Å². The number of aromatic nitrogens is 2. The van der Waals surface area contributed by atoms with Crippen molar-refractivity contribution >= 4 is 27.3 Å². The highest BCUT2D eigenvalue weighted by Crippen LogP contribution is 2.30. The van der Waals surface area contributed by atoms with E-state index < -0.39 is 10.0 Å². The predicted octanol–water partition coefficient (Wildman–Crippen LogP) is 3.31. The normalized spacial score (nSPS) is 11.9. The Hall–Kier alpha value is -1.53. The fraction of sp³-hybridized carbons (Fsp3) is 0.357. The summed E-state index contributed by atoms with van der Waals surface area (Å²) in [5.41, 5.74) is 2.39. The molecule has 0 aliphatic rings. The first-order valence-corrected chi connectivity index (χ1v) is 8.39. The van der Waals surface area contributed by atoms with E-state index in [1.54, 1.807) is 7.05 Å². The van der Waals surface area contributed by atoms with Crippen molar-refractivity contribution in [3.8, 4) is 0 Å². The van der Waals surface area contributed by atoms with Crippen LogP contribution in [0.2, 0.25) is 5.15 Å². The van der Waals surface area contributed by atoms with Gasteiger partial charge in [0.05, 0.1) is 12.0 Å². The summed E-state index contributed by atoms with van der Waals surface area (Å²) in [5.74, 6) is 0.196. The number of sulfonamides is 1. The molecule has 114 valence electrons. The molecular weight excluding hydrogens is 310 g/mol. The SMILES string of the molecule is Cc1cccc(C(C)C)c1NS(=O)(=O)c1ncn(C)c1Cl. The fourth-order valence-electron chi connectivity index (χ4n) is 2.07. The zero-order valence-corrected chi connectivity index (χ0v) is 14.0.